The second kappa shape index (κ2) is 9.27. The van der Waals surface area contributed by atoms with E-state index in [1.807, 2.05) is 49.4 Å². The van der Waals surface area contributed by atoms with Crippen LogP contribution >= 0.6 is 0 Å². The number of aliphatic hydroxyl groups excluding tert-OH is 1. The average molecular weight is 355 g/mol. The topological polar surface area (TPSA) is 88.4 Å². The molecule has 0 saturated heterocycles. The minimum absolute atomic E-state index is 0.190. The first-order chi connectivity index (χ1) is 12.6. The molecule has 26 heavy (non-hydrogen) atoms. The lowest BCUT2D eigenvalue weighted by Gasteiger charge is -2.16. The maximum absolute atomic E-state index is 11.6. The smallest absolute Gasteiger partial charge is 0.377 e. The van der Waals surface area contributed by atoms with Gasteiger partial charge in [0.25, 0.3) is 0 Å². The van der Waals surface area contributed by atoms with Crippen LogP contribution in [-0.2, 0) is 16.0 Å². The maximum atomic E-state index is 11.6. The highest BCUT2D eigenvalue weighted by molar-refractivity contribution is 5.86. The van der Waals surface area contributed by atoms with Gasteiger partial charge in [-0.05, 0) is 36.1 Å². The lowest BCUT2D eigenvalue weighted by Crippen LogP contribution is -2.12. The minimum Gasteiger partial charge on any atom is -0.511 e. The van der Waals surface area contributed by atoms with E-state index < -0.39 is 5.97 Å². The SMILES string of the molecule is COC(=O)/C(=C\O)Oc1cc(C(/C=N\O)Cc2ccccc2)ccc1C. The zero-order valence-corrected chi connectivity index (χ0v) is 14.6. The number of nitrogens with zero attached hydrogens (tertiary/aromatic N) is 1. The predicted molar refractivity (Wildman–Crippen MR) is 97.7 cm³/mol. The molecule has 6 nitrogen and oxygen atoms in total. The molecule has 2 aromatic rings. The van der Waals surface area contributed by atoms with E-state index in [9.17, 15) is 9.90 Å². The summed E-state index contributed by atoms with van der Waals surface area (Å²) in [5.74, 6) is -0.888. The van der Waals surface area contributed by atoms with Crippen molar-refractivity contribution in [2.45, 2.75) is 19.3 Å². The Morgan fingerprint density at radius 2 is 1.96 bits per heavy atom. The Hall–Kier alpha value is -3.28. The molecule has 1 unspecified atom stereocenters. The van der Waals surface area contributed by atoms with Gasteiger partial charge < -0.3 is 19.8 Å². The van der Waals surface area contributed by atoms with Crippen molar-refractivity contribution in [3.8, 4) is 5.75 Å². The number of aryl methyl sites for hydroxylation is 1. The van der Waals surface area contributed by atoms with Gasteiger partial charge in [0, 0.05) is 5.92 Å². The fourth-order valence-corrected chi connectivity index (χ4v) is 2.50. The quantitative estimate of drug-likeness (QED) is 0.197. The van der Waals surface area contributed by atoms with E-state index >= 15 is 0 Å². The van der Waals surface area contributed by atoms with Crippen LogP contribution in [-0.4, -0.2) is 29.6 Å². The Balaban J connectivity index is 2.31. The first-order valence-electron chi connectivity index (χ1n) is 8.01. The van der Waals surface area contributed by atoms with Crippen LogP contribution in [0.2, 0.25) is 0 Å². The monoisotopic (exact) mass is 355 g/mol. The van der Waals surface area contributed by atoms with Crippen LogP contribution in [0.5, 0.6) is 5.75 Å². The lowest BCUT2D eigenvalue weighted by molar-refractivity contribution is -0.138. The van der Waals surface area contributed by atoms with Crippen LogP contribution < -0.4 is 4.74 Å². The maximum Gasteiger partial charge on any atom is 0.377 e. The first-order valence-corrected chi connectivity index (χ1v) is 8.01. The molecule has 0 radical (unpaired) electrons. The highest BCUT2D eigenvalue weighted by Gasteiger charge is 2.17. The fraction of sp³-hybridized carbons (Fsp3) is 0.200. The molecule has 2 rings (SSSR count). The molecule has 0 fully saturated rings. The summed E-state index contributed by atoms with van der Waals surface area (Å²) in [5, 5.41) is 21.4. The summed E-state index contributed by atoms with van der Waals surface area (Å²) in [5.41, 5.74) is 2.71. The summed E-state index contributed by atoms with van der Waals surface area (Å²) >= 11 is 0. The number of hydrogen-bond acceptors (Lipinski definition) is 6. The lowest BCUT2D eigenvalue weighted by atomic mass is 9.92. The molecule has 0 aliphatic carbocycles. The Morgan fingerprint density at radius 3 is 2.58 bits per heavy atom. The molecular formula is C20H21NO5. The van der Waals surface area contributed by atoms with Crippen molar-refractivity contribution < 1.29 is 24.6 Å². The molecule has 0 bridgehead atoms. The Kier molecular flexibility index (Phi) is 6.79. The molecule has 6 heteroatoms. The van der Waals surface area contributed by atoms with E-state index in [0.29, 0.717) is 18.4 Å². The molecule has 0 aliphatic heterocycles. The molecule has 2 aromatic carbocycles. The highest BCUT2D eigenvalue weighted by atomic mass is 16.6. The van der Waals surface area contributed by atoms with Crippen molar-refractivity contribution in [2.75, 3.05) is 7.11 Å². The van der Waals surface area contributed by atoms with E-state index in [2.05, 4.69) is 9.89 Å². The van der Waals surface area contributed by atoms with E-state index in [1.165, 1.54) is 13.3 Å². The molecule has 0 spiro atoms. The molecule has 0 amide bonds. The molecule has 1 atom stereocenters. The van der Waals surface area contributed by atoms with Crippen molar-refractivity contribution in [2.24, 2.45) is 5.16 Å². The number of carbonyl (C=O) groups excluding carboxylic acids is 1. The number of benzene rings is 2. The zero-order valence-electron chi connectivity index (χ0n) is 14.6. The van der Waals surface area contributed by atoms with Crippen molar-refractivity contribution in [1.29, 1.82) is 0 Å². The normalized spacial score (nSPS) is 12.8. The Morgan fingerprint density at radius 1 is 1.23 bits per heavy atom. The standard InChI is InChI=1S/C20H21NO5/c1-14-8-9-16(11-18(14)26-19(13-22)20(23)25-2)17(12-21-24)10-15-6-4-3-5-7-15/h3-9,11-13,17,22,24H,10H2,1-2H3/b19-13+,21-12-. The number of aliphatic hydroxyl groups is 1. The summed E-state index contributed by atoms with van der Waals surface area (Å²) in [4.78, 5) is 11.6. The Bertz CT molecular complexity index is 799. The van der Waals surface area contributed by atoms with E-state index in [1.54, 1.807) is 6.07 Å². The number of ether oxygens (including phenoxy) is 2. The Labute approximate surface area is 152 Å². The summed E-state index contributed by atoms with van der Waals surface area (Å²) in [6, 6.07) is 15.3. The van der Waals surface area contributed by atoms with Gasteiger partial charge in [-0.25, -0.2) is 4.79 Å². The van der Waals surface area contributed by atoms with Gasteiger partial charge in [0.05, 0.1) is 13.3 Å². The number of carbonyl (C=O) groups is 1. The van der Waals surface area contributed by atoms with Crippen LogP contribution in [0, 0.1) is 6.92 Å². The summed E-state index contributed by atoms with van der Waals surface area (Å²) in [6.45, 7) is 1.82. The third-order valence-corrected chi connectivity index (χ3v) is 3.91. The number of hydrogen-bond donors (Lipinski definition) is 2. The zero-order chi connectivity index (χ0) is 18.9. The van der Waals surface area contributed by atoms with Crippen LogP contribution in [0.4, 0.5) is 0 Å². The average Bonchev–Trinajstić information content (AvgIpc) is 2.67. The van der Waals surface area contributed by atoms with Gasteiger partial charge >= 0.3 is 5.97 Å². The third kappa shape index (κ3) is 4.86. The van der Waals surface area contributed by atoms with Crippen molar-refractivity contribution in [3.63, 3.8) is 0 Å². The molecule has 0 aromatic heterocycles. The first kappa shape index (κ1) is 19.1. The van der Waals surface area contributed by atoms with Gasteiger partial charge in [0.1, 0.15) is 12.0 Å². The van der Waals surface area contributed by atoms with E-state index in [-0.39, 0.29) is 11.7 Å². The van der Waals surface area contributed by atoms with Gasteiger partial charge in [0.2, 0.25) is 5.76 Å². The summed E-state index contributed by atoms with van der Waals surface area (Å²) in [7, 11) is 1.20. The second-order valence-electron chi connectivity index (χ2n) is 5.67. The van der Waals surface area contributed by atoms with Gasteiger partial charge in [-0.2, -0.15) is 0 Å². The van der Waals surface area contributed by atoms with Gasteiger partial charge in [0.15, 0.2) is 0 Å². The summed E-state index contributed by atoms with van der Waals surface area (Å²) in [6.07, 6.45) is 2.65. The molecule has 0 saturated carbocycles. The molecular weight excluding hydrogens is 334 g/mol. The number of rotatable bonds is 7. The van der Waals surface area contributed by atoms with E-state index in [4.69, 9.17) is 9.94 Å². The van der Waals surface area contributed by atoms with Crippen LogP contribution in [0.25, 0.3) is 0 Å². The minimum atomic E-state index is -0.782. The van der Waals surface area contributed by atoms with Gasteiger partial charge in [-0.1, -0.05) is 42.5 Å². The molecule has 0 heterocycles. The fourth-order valence-electron chi connectivity index (χ4n) is 2.50. The van der Waals surface area contributed by atoms with Crippen LogP contribution in [0.1, 0.15) is 22.6 Å². The van der Waals surface area contributed by atoms with Gasteiger partial charge in [-0.3, -0.25) is 0 Å². The van der Waals surface area contributed by atoms with Crippen molar-refractivity contribution >= 4 is 12.2 Å². The molecule has 0 aliphatic rings. The highest BCUT2D eigenvalue weighted by Crippen LogP contribution is 2.27. The van der Waals surface area contributed by atoms with Crippen LogP contribution in [0.3, 0.4) is 0 Å². The number of methoxy groups -OCH3 is 1. The number of esters is 1. The summed E-state index contributed by atoms with van der Waals surface area (Å²) < 4.78 is 10.1. The number of oxime groups is 1. The largest absolute Gasteiger partial charge is 0.511 e. The third-order valence-electron chi connectivity index (χ3n) is 3.91. The second-order valence-corrected chi connectivity index (χ2v) is 5.67. The van der Waals surface area contributed by atoms with Crippen LogP contribution in [0.15, 0.2) is 65.7 Å². The van der Waals surface area contributed by atoms with Crippen molar-refractivity contribution in [1.82, 2.24) is 0 Å². The predicted octanol–water partition coefficient (Wildman–Crippen LogP) is 3.73. The van der Waals surface area contributed by atoms with E-state index in [0.717, 1.165) is 16.7 Å². The molecule has 2 N–H and O–H groups in total. The van der Waals surface area contributed by atoms with Gasteiger partial charge in [-0.15, -0.1) is 5.16 Å². The van der Waals surface area contributed by atoms with Crippen molar-refractivity contribution in [3.05, 3.63) is 77.2 Å². The molecule has 136 valence electrons.